The molecule has 0 radical (unpaired) electrons. The normalized spacial score (nSPS) is 19.3. The fraction of sp³-hybridized carbons (Fsp3) is 0.250. The summed E-state index contributed by atoms with van der Waals surface area (Å²) < 4.78 is 18.5. The SMILES string of the molecule is Cc1nn(C)cc1-c1cccc(F)c1-c1nc2cc(C(=O)N3C[C@@H]4C[C@H]3C(=O)N4)ccn2c1Cl. The Labute approximate surface area is 199 Å². The predicted octanol–water partition coefficient (Wildman–Crippen LogP) is 3.22. The van der Waals surface area contributed by atoms with Crippen LogP contribution in [0.4, 0.5) is 4.39 Å². The molecule has 2 aliphatic heterocycles. The molecule has 0 spiro atoms. The van der Waals surface area contributed by atoms with Gasteiger partial charge in [-0.25, -0.2) is 9.37 Å². The molecule has 34 heavy (non-hydrogen) atoms. The largest absolute Gasteiger partial charge is 0.350 e. The van der Waals surface area contributed by atoms with Crippen LogP contribution < -0.4 is 5.32 Å². The first-order valence-corrected chi connectivity index (χ1v) is 11.3. The zero-order valence-corrected chi connectivity index (χ0v) is 19.2. The summed E-state index contributed by atoms with van der Waals surface area (Å²) in [5.41, 5.74) is 3.53. The van der Waals surface area contributed by atoms with Crippen LogP contribution in [0.25, 0.3) is 28.0 Å². The number of nitrogens with one attached hydrogen (secondary N) is 1. The van der Waals surface area contributed by atoms with Crippen LogP contribution in [0.3, 0.4) is 0 Å². The Morgan fingerprint density at radius 2 is 2.09 bits per heavy atom. The van der Waals surface area contributed by atoms with E-state index in [0.29, 0.717) is 29.7 Å². The monoisotopic (exact) mass is 478 g/mol. The zero-order chi connectivity index (χ0) is 23.7. The number of nitrogens with zero attached hydrogens (tertiary/aromatic N) is 5. The first-order chi connectivity index (χ1) is 16.3. The van der Waals surface area contributed by atoms with Crippen LogP contribution in [0.15, 0.2) is 42.7 Å². The summed E-state index contributed by atoms with van der Waals surface area (Å²) >= 11 is 6.66. The summed E-state index contributed by atoms with van der Waals surface area (Å²) in [6.45, 7) is 2.35. The van der Waals surface area contributed by atoms with Gasteiger partial charge in [0.15, 0.2) is 0 Å². The highest BCUT2D eigenvalue weighted by molar-refractivity contribution is 6.32. The molecule has 5 heterocycles. The summed E-state index contributed by atoms with van der Waals surface area (Å²) in [6.07, 6.45) is 4.11. The Balaban J connectivity index is 1.44. The molecular weight excluding hydrogens is 459 g/mol. The Bertz CT molecular complexity index is 1510. The van der Waals surface area contributed by atoms with Crippen LogP contribution in [0.2, 0.25) is 5.15 Å². The highest BCUT2D eigenvalue weighted by atomic mass is 35.5. The molecule has 2 saturated heterocycles. The number of carbonyl (C=O) groups excluding carboxylic acids is 2. The number of aromatic nitrogens is 4. The van der Waals surface area contributed by atoms with Crippen LogP contribution >= 0.6 is 11.6 Å². The van der Waals surface area contributed by atoms with Gasteiger partial charge < -0.3 is 10.2 Å². The van der Waals surface area contributed by atoms with Crippen molar-refractivity contribution in [2.75, 3.05) is 6.54 Å². The highest BCUT2D eigenvalue weighted by Gasteiger charge is 2.46. The van der Waals surface area contributed by atoms with E-state index in [-0.39, 0.29) is 34.3 Å². The summed E-state index contributed by atoms with van der Waals surface area (Å²) in [5.74, 6) is -0.806. The number of hydrogen-bond donors (Lipinski definition) is 1. The highest BCUT2D eigenvalue weighted by Crippen LogP contribution is 2.39. The number of aryl methyl sites for hydroxylation is 2. The van der Waals surface area contributed by atoms with E-state index in [4.69, 9.17) is 11.6 Å². The summed E-state index contributed by atoms with van der Waals surface area (Å²) in [7, 11) is 1.81. The van der Waals surface area contributed by atoms with Crippen LogP contribution in [0, 0.1) is 12.7 Å². The maximum atomic E-state index is 15.2. The van der Waals surface area contributed by atoms with Crippen LogP contribution in [-0.4, -0.2) is 54.5 Å². The van der Waals surface area contributed by atoms with Crippen molar-refractivity contribution in [2.24, 2.45) is 7.05 Å². The number of pyridine rings is 1. The maximum Gasteiger partial charge on any atom is 0.254 e. The zero-order valence-electron chi connectivity index (χ0n) is 18.4. The van der Waals surface area contributed by atoms with Gasteiger partial charge in [-0.05, 0) is 37.1 Å². The number of carbonyl (C=O) groups is 2. The van der Waals surface area contributed by atoms with E-state index in [0.717, 1.165) is 11.3 Å². The molecule has 1 aromatic carbocycles. The number of benzene rings is 1. The smallest absolute Gasteiger partial charge is 0.254 e. The lowest BCUT2D eigenvalue weighted by molar-refractivity contribution is -0.124. The third kappa shape index (κ3) is 3.03. The molecule has 2 amide bonds. The fourth-order valence-electron chi connectivity index (χ4n) is 5.04. The molecule has 0 unspecified atom stereocenters. The molecule has 2 atom stereocenters. The van der Waals surface area contributed by atoms with Crippen LogP contribution in [0.1, 0.15) is 22.5 Å². The number of likely N-dealkylation sites (tertiary alicyclic amines) is 1. The topological polar surface area (TPSA) is 84.5 Å². The van der Waals surface area contributed by atoms with Crippen molar-refractivity contribution in [3.8, 4) is 22.4 Å². The number of amides is 2. The predicted molar refractivity (Wildman–Crippen MR) is 124 cm³/mol. The first kappa shape index (κ1) is 20.9. The minimum atomic E-state index is -0.457. The molecule has 2 bridgehead atoms. The van der Waals surface area contributed by atoms with Gasteiger partial charge in [-0.3, -0.25) is 18.7 Å². The van der Waals surface area contributed by atoms with E-state index < -0.39 is 11.9 Å². The lowest BCUT2D eigenvalue weighted by Crippen LogP contribution is -2.50. The molecule has 1 N–H and O–H groups in total. The fourth-order valence-corrected chi connectivity index (χ4v) is 5.32. The third-order valence-electron chi connectivity index (χ3n) is 6.58. The Hall–Kier alpha value is -3.72. The van der Waals surface area contributed by atoms with Crippen molar-refractivity contribution in [2.45, 2.75) is 25.4 Å². The number of imidazole rings is 1. The summed E-state index contributed by atoms with van der Waals surface area (Å²) in [6, 6.07) is 7.66. The van der Waals surface area contributed by atoms with Crippen molar-refractivity contribution in [3.63, 3.8) is 0 Å². The molecule has 0 saturated carbocycles. The number of piperazine rings is 1. The second-order valence-corrected chi connectivity index (χ2v) is 9.13. The van der Waals surface area contributed by atoms with E-state index in [2.05, 4.69) is 15.4 Å². The third-order valence-corrected chi connectivity index (χ3v) is 6.94. The molecule has 10 heteroatoms. The van der Waals surface area contributed by atoms with Crippen LogP contribution in [0.5, 0.6) is 0 Å². The van der Waals surface area contributed by atoms with Crippen molar-refractivity contribution in [3.05, 3.63) is 65.0 Å². The van der Waals surface area contributed by atoms with E-state index >= 15 is 4.39 Å². The molecule has 3 aromatic heterocycles. The Morgan fingerprint density at radius 3 is 2.79 bits per heavy atom. The van der Waals surface area contributed by atoms with Crippen molar-refractivity contribution in [1.82, 2.24) is 29.4 Å². The minimum absolute atomic E-state index is 0.00747. The van der Waals surface area contributed by atoms with Gasteiger partial charge in [0.25, 0.3) is 5.91 Å². The van der Waals surface area contributed by atoms with Gasteiger partial charge in [0.05, 0.1) is 5.69 Å². The van der Waals surface area contributed by atoms with E-state index in [9.17, 15) is 9.59 Å². The standard InChI is InChI=1S/C24H20ClFN6O2/c1-12-16(11-30(2)29-12)15-4-3-5-17(26)20(15)21-22(25)31-7-6-13(8-19(31)28-21)24(34)32-10-14-9-18(32)23(33)27-14/h3-8,11,14,18H,9-10H2,1-2H3,(H,27,33)/t14-,18-/m0/s1. The Morgan fingerprint density at radius 1 is 1.26 bits per heavy atom. The molecular formula is C24H20ClFN6O2. The maximum absolute atomic E-state index is 15.2. The molecule has 2 fully saturated rings. The van der Waals surface area contributed by atoms with Gasteiger partial charge in [0.1, 0.15) is 28.4 Å². The molecule has 2 aliphatic rings. The molecule has 6 rings (SSSR count). The van der Waals surface area contributed by atoms with Crippen molar-refractivity contribution < 1.29 is 14.0 Å². The molecule has 172 valence electrons. The van der Waals surface area contributed by atoms with Crippen molar-refractivity contribution >= 4 is 29.1 Å². The molecule has 8 nitrogen and oxygen atoms in total. The lowest BCUT2D eigenvalue weighted by atomic mass is 9.98. The van der Waals surface area contributed by atoms with Gasteiger partial charge in [0, 0.05) is 48.7 Å². The quantitative estimate of drug-likeness (QED) is 0.490. The first-order valence-electron chi connectivity index (χ1n) is 10.9. The van der Waals surface area contributed by atoms with Gasteiger partial charge in [-0.2, -0.15) is 5.10 Å². The van der Waals surface area contributed by atoms with Gasteiger partial charge >= 0.3 is 0 Å². The van der Waals surface area contributed by atoms with E-state index in [1.807, 2.05) is 26.2 Å². The Kier molecular flexibility index (Phi) is 4.54. The van der Waals surface area contributed by atoms with E-state index in [1.54, 1.807) is 38.4 Å². The number of halogens is 2. The lowest BCUT2D eigenvalue weighted by Gasteiger charge is -2.26. The van der Waals surface area contributed by atoms with Gasteiger partial charge in [-0.15, -0.1) is 0 Å². The average Bonchev–Trinajstić information content (AvgIpc) is 3.55. The molecule has 4 aromatic rings. The molecule has 0 aliphatic carbocycles. The number of rotatable bonds is 3. The minimum Gasteiger partial charge on any atom is -0.350 e. The van der Waals surface area contributed by atoms with Crippen LogP contribution in [-0.2, 0) is 11.8 Å². The second kappa shape index (κ2) is 7.39. The summed E-state index contributed by atoms with van der Waals surface area (Å²) in [5, 5.41) is 7.48. The van der Waals surface area contributed by atoms with Gasteiger partial charge in [-0.1, -0.05) is 23.7 Å². The summed E-state index contributed by atoms with van der Waals surface area (Å²) in [4.78, 5) is 31.4. The second-order valence-electron chi connectivity index (χ2n) is 8.77. The average molecular weight is 479 g/mol. The van der Waals surface area contributed by atoms with Gasteiger partial charge in [0.2, 0.25) is 5.91 Å². The number of hydrogen-bond acceptors (Lipinski definition) is 4. The van der Waals surface area contributed by atoms with Crippen molar-refractivity contribution in [1.29, 1.82) is 0 Å². The van der Waals surface area contributed by atoms with E-state index in [1.165, 1.54) is 6.07 Å². The number of fused-ring (bicyclic) bond motifs is 3.